The van der Waals surface area contributed by atoms with Crippen LogP contribution in [0.1, 0.15) is 37.5 Å². The molecule has 1 heterocycles. The Morgan fingerprint density at radius 3 is 3.00 bits per heavy atom. The second kappa shape index (κ2) is 6.12. The first-order valence-corrected chi connectivity index (χ1v) is 6.61. The van der Waals surface area contributed by atoms with Gasteiger partial charge in [-0.25, -0.2) is 0 Å². The van der Waals surface area contributed by atoms with E-state index in [4.69, 9.17) is 4.74 Å². The topological polar surface area (TPSA) is 38.3 Å². The standard InChI is InChI=1S/C15H21NO2/c1-11(2)16-10-13(17)9-15-14-6-4-3-5-12(14)7-8-18-15/h3-6,11,15-16H,7-10H2,1-2H3. The first-order valence-electron chi connectivity index (χ1n) is 6.61. The summed E-state index contributed by atoms with van der Waals surface area (Å²) in [4.78, 5) is 11.9. The maximum absolute atomic E-state index is 11.9. The molecule has 0 saturated heterocycles. The minimum atomic E-state index is -0.0589. The molecular formula is C15H21NO2. The highest BCUT2D eigenvalue weighted by Gasteiger charge is 2.22. The van der Waals surface area contributed by atoms with E-state index in [0.29, 0.717) is 25.6 Å². The van der Waals surface area contributed by atoms with Crippen LogP contribution in [-0.4, -0.2) is 25.0 Å². The minimum absolute atomic E-state index is 0.0589. The highest BCUT2D eigenvalue weighted by Crippen LogP contribution is 2.29. The normalized spacial score (nSPS) is 18.7. The van der Waals surface area contributed by atoms with Crippen molar-refractivity contribution in [1.29, 1.82) is 0 Å². The van der Waals surface area contributed by atoms with Gasteiger partial charge in [0, 0.05) is 12.5 Å². The molecule has 3 nitrogen and oxygen atoms in total. The number of hydrogen-bond acceptors (Lipinski definition) is 3. The average Bonchev–Trinajstić information content (AvgIpc) is 2.37. The number of ether oxygens (including phenoxy) is 1. The molecule has 0 fully saturated rings. The third-order valence-electron chi connectivity index (χ3n) is 3.21. The summed E-state index contributed by atoms with van der Waals surface area (Å²) in [6, 6.07) is 8.60. The van der Waals surface area contributed by atoms with Crippen LogP contribution < -0.4 is 5.32 Å². The lowest BCUT2D eigenvalue weighted by atomic mass is 9.94. The van der Waals surface area contributed by atoms with E-state index in [1.807, 2.05) is 26.0 Å². The Labute approximate surface area is 109 Å². The van der Waals surface area contributed by atoms with Crippen LogP contribution in [0.4, 0.5) is 0 Å². The molecule has 1 aliphatic rings. The molecule has 18 heavy (non-hydrogen) atoms. The fraction of sp³-hybridized carbons (Fsp3) is 0.533. The van der Waals surface area contributed by atoms with E-state index in [1.165, 1.54) is 11.1 Å². The van der Waals surface area contributed by atoms with Crippen LogP contribution in [0.25, 0.3) is 0 Å². The van der Waals surface area contributed by atoms with Gasteiger partial charge in [-0.15, -0.1) is 0 Å². The number of nitrogens with one attached hydrogen (secondary N) is 1. The van der Waals surface area contributed by atoms with Gasteiger partial charge >= 0.3 is 0 Å². The van der Waals surface area contributed by atoms with Gasteiger partial charge in [0.05, 0.1) is 19.3 Å². The number of ketones is 1. The van der Waals surface area contributed by atoms with Gasteiger partial charge in [-0.2, -0.15) is 0 Å². The number of fused-ring (bicyclic) bond motifs is 1. The molecule has 1 aromatic carbocycles. The van der Waals surface area contributed by atoms with Crippen LogP contribution in [0.3, 0.4) is 0 Å². The quantitative estimate of drug-likeness (QED) is 0.867. The van der Waals surface area contributed by atoms with Crippen molar-refractivity contribution in [1.82, 2.24) is 5.32 Å². The zero-order valence-corrected chi connectivity index (χ0v) is 11.1. The van der Waals surface area contributed by atoms with Crippen molar-refractivity contribution in [2.24, 2.45) is 0 Å². The van der Waals surface area contributed by atoms with Crippen LogP contribution in [0.5, 0.6) is 0 Å². The Kier molecular flexibility index (Phi) is 4.50. The van der Waals surface area contributed by atoms with Gasteiger partial charge in [0.2, 0.25) is 0 Å². The molecule has 0 spiro atoms. The van der Waals surface area contributed by atoms with Crippen LogP contribution in [0.2, 0.25) is 0 Å². The van der Waals surface area contributed by atoms with E-state index in [0.717, 1.165) is 6.42 Å². The summed E-state index contributed by atoms with van der Waals surface area (Å²) in [5.74, 6) is 0.213. The van der Waals surface area contributed by atoms with Gasteiger partial charge in [-0.05, 0) is 17.5 Å². The number of benzene rings is 1. The molecule has 1 N–H and O–H groups in total. The predicted octanol–water partition coefficient (Wildman–Crippen LogP) is 2.26. The second-order valence-electron chi connectivity index (χ2n) is 5.09. The summed E-state index contributed by atoms with van der Waals surface area (Å²) in [5, 5.41) is 3.15. The molecule has 1 aromatic rings. The highest BCUT2D eigenvalue weighted by molar-refractivity contribution is 5.81. The summed E-state index contributed by atoms with van der Waals surface area (Å²) >= 11 is 0. The highest BCUT2D eigenvalue weighted by atomic mass is 16.5. The number of Topliss-reactive ketones (excluding diaryl/α,β-unsaturated/α-hetero) is 1. The van der Waals surface area contributed by atoms with E-state index in [-0.39, 0.29) is 11.9 Å². The Bertz CT molecular complexity index is 415. The van der Waals surface area contributed by atoms with E-state index in [1.54, 1.807) is 0 Å². The van der Waals surface area contributed by atoms with Gasteiger partial charge in [-0.1, -0.05) is 38.1 Å². The Morgan fingerprint density at radius 1 is 1.44 bits per heavy atom. The van der Waals surface area contributed by atoms with Crippen molar-refractivity contribution < 1.29 is 9.53 Å². The number of carbonyl (C=O) groups is 1. The van der Waals surface area contributed by atoms with Gasteiger partial charge in [0.15, 0.2) is 0 Å². The molecule has 98 valence electrons. The molecule has 1 aliphatic heterocycles. The van der Waals surface area contributed by atoms with E-state index in [2.05, 4.69) is 17.4 Å². The monoisotopic (exact) mass is 247 g/mol. The van der Waals surface area contributed by atoms with Gasteiger partial charge in [0.25, 0.3) is 0 Å². The first kappa shape index (κ1) is 13.2. The minimum Gasteiger partial charge on any atom is -0.373 e. The van der Waals surface area contributed by atoms with Crippen LogP contribution in [0, 0.1) is 0 Å². The largest absolute Gasteiger partial charge is 0.373 e. The van der Waals surface area contributed by atoms with Crippen molar-refractivity contribution in [3.63, 3.8) is 0 Å². The van der Waals surface area contributed by atoms with Crippen LogP contribution in [0.15, 0.2) is 24.3 Å². The maximum atomic E-state index is 11.9. The zero-order chi connectivity index (χ0) is 13.0. The number of hydrogen-bond donors (Lipinski definition) is 1. The van der Waals surface area contributed by atoms with Crippen molar-refractivity contribution in [3.8, 4) is 0 Å². The lowest BCUT2D eigenvalue weighted by molar-refractivity contribution is -0.121. The summed E-state index contributed by atoms with van der Waals surface area (Å²) in [7, 11) is 0. The van der Waals surface area contributed by atoms with Crippen LogP contribution in [-0.2, 0) is 16.0 Å². The molecule has 0 bridgehead atoms. The third kappa shape index (κ3) is 3.40. The van der Waals surface area contributed by atoms with Gasteiger partial charge in [-0.3, -0.25) is 4.79 Å². The molecule has 0 saturated carbocycles. The molecule has 0 aromatic heterocycles. The van der Waals surface area contributed by atoms with Crippen molar-refractivity contribution in [2.75, 3.05) is 13.2 Å². The van der Waals surface area contributed by atoms with Crippen molar-refractivity contribution in [2.45, 2.75) is 38.8 Å². The second-order valence-corrected chi connectivity index (χ2v) is 5.09. The Balaban J connectivity index is 1.96. The molecule has 1 unspecified atom stereocenters. The molecule has 1 atom stereocenters. The van der Waals surface area contributed by atoms with E-state index < -0.39 is 0 Å². The third-order valence-corrected chi connectivity index (χ3v) is 3.21. The Hall–Kier alpha value is -1.19. The maximum Gasteiger partial charge on any atom is 0.149 e. The van der Waals surface area contributed by atoms with E-state index >= 15 is 0 Å². The molecule has 3 heteroatoms. The Morgan fingerprint density at radius 2 is 2.22 bits per heavy atom. The lowest BCUT2D eigenvalue weighted by Crippen LogP contribution is -2.30. The molecule has 0 radical (unpaired) electrons. The average molecular weight is 247 g/mol. The number of rotatable bonds is 5. The van der Waals surface area contributed by atoms with Gasteiger partial charge in [0.1, 0.15) is 5.78 Å². The van der Waals surface area contributed by atoms with Crippen molar-refractivity contribution in [3.05, 3.63) is 35.4 Å². The van der Waals surface area contributed by atoms with Crippen LogP contribution >= 0.6 is 0 Å². The molecule has 0 aliphatic carbocycles. The number of carbonyl (C=O) groups excluding carboxylic acids is 1. The summed E-state index contributed by atoms with van der Waals surface area (Å²) in [6.45, 7) is 5.23. The van der Waals surface area contributed by atoms with Gasteiger partial charge < -0.3 is 10.1 Å². The summed E-state index contributed by atoms with van der Waals surface area (Å²) in [6.07, 6.45) is 1.36. The molecule has 2 rings (SSSR count). The summed E-state index contributed by atoms with van der Waals surface area (Å²) in [5.41, 5.74) is 2.50. The summed E-state index contributed by atoms with van der Waals surface area (Å²) < 4.78 is 5.73. The first-order chi connectivity index (χ1) is 8.66. The fourth-order valence-corrected chi connectivity index (χ4v) is 2.24. The van der Waals surface area contributed by atoms with E-state index in [9.17, 15) is 4.79 Å². The smallest absolute Gasteiger partial charge is 0.149 e. The fourth-order valence-electron chi connectivity index (χ4n) is 2.24. The predicted molar refractivity (Wildman–Crippen MR) is 71.6 cm³/mol. The lowest BCUT2D eigenvalue weighted by Gasteiger charge is -2.25. The molecular weight excluding hydrogens is 226 g/mol. The zero-order valence-electron chi connectivity index (χ0n) is 11.1. The van der Waals surface area contributed by atoms with Crippen molar-refractivity contribution >= 4 is 5.78 Å². The SMILES string of the molecule is CC(C)NCC(=O)CC1OCCc2ccccc21. The molecule has 0 amide bonds.